The molecule has 1 aromatic heterocycles. The monoisotopic (exact) mass is 347 g/mol. The average Bonchev–Trinajstić information content (AvgIpc) is 3.02. The van der Waals surface area contributed by atoms with E-state index in [0.717, 1.165) is 30.9 Å². The molecule has 1 aromatic carbocycles. The Kier molecular flexibility index (Phi) is 5.04. The predicted octanol–water partition coefficient (Wildman–Crippen LogP) is 2.92. The van der Waals surface area contributed by atoms with Gasteiger partial charge >= 0.3 is 0 Å². The molecule has 1 fully saturated rings. The van der Waals surface area contributed by atoms with Gasteiger partial charge in [-0.15, -0.1) is 10.2 Å². The lowest BCUT2D eigenvalue weighted by atomic mass is 9.95. The number of nitrogens with one attached hydrogen (secondary N) is 1. The van der Waals surface area contributed by atoms with E-state index < -0.39 is 0 Å². The summed E-state index contributed by atoms with van der Waals surface area (Å²) in [6.07, 6.45) is 3.52. The van der Waals surface area contributed by atoms with Crippen LogP contribution in [0.2, 0.25) is 5.02 Å². The SMILES string of the molecule is CCNc1ccc(Cl)cc1C(=O)N1CCC(c2nncn2C)CC1. The van der Waals surface area contributed by atoms with Gasteiger partial charge in [0, 0.05) is 43.3 Å². The molecule has 2 heterocycles. The van der Waals surface area contributed by atoms with Crippen LogP contribution in [0.4, 0.5) is 5.69 Å². The van der Waals surface area contributed by atoms with Crippen LogP contribution >= 0.6 is 11.6 Å². The van der Waals surface area contributed by atoms with E-state index in [4.69, 9.17) is 11.6 Å². The molecule has 0 bridgehead atoms. The van der Waals surface area contributed by atoms with Gasteiger partial charge in [0.05, 0.1) is 5.56 Å². The number of piperidine rings is 1. The Morgan fingerprint density at radius 1 is 1.38 bits per heavy atom. The van der Waals surface area contributed by atoms with Crippen LogP contribution in [-0.4, -0.2) is 45.2 Å². The first-order valence-corrected chi connectivity index (χ1v) is 8.64. The van der Waals surface area contributed by atoms with Crippen LogP contribution in [0.1, 0.15) is 41.9 Å². The summed E-state index contributed by atoms with van der Waals surface area (Å²) in [5, 5.41) is 12.0. The zero-order chi connectivity index (χ0) is 17.1. The summed E-state index contributed by atoms with van der Waals surface area (Å²) in [7, 11) is 1.96. The molecule has 1 aliphatic heterocycles. The van der Waals surface area contributed by atoms with Crippen molar-refractivity contribution in [3.05, 3.63) is 40.9 Å². The van der Waals surface area contributed by atoms with E-state index in [1.807, 2.05) is 29.5 Å². The van der Waals surface area contributed by atoms with Crippen molar-refractivity contribution in [2.45, 2.75) is 25.7 Å². The number of hydrogen-bond acceptors (Lipinski definition) is 4. The van der Waals surface area contributed by atoms with Crippen LogP contribution in [0.15, 0.2) is 24.5 Å². The fraction of sp³-hybridized carbons (Fsp3) is 0.471. The van der Waals surface area contributed by atoms with Gasteiger partial charge < -0.3 is 14.8 Å². The Labute approximate surface area is 146 Å². The van der Waals surface area contributed by atoms with Crippen LogP contribution in [0.3, 0.4) is 0 Å². The number of carbonyl (C=O) groups is 1. The number of likely N-dealkylation sites (tertiary alicyclic amines) is 1. The molecule has 0 radical (unpaired) electrons. The first kappa shape index (κ1) is 16.8. The summed E-state index contributed by atoms with van der Waals surface area (Å²) in [5.74, 6) is 1.39. The van der Waals surface area contributed by atoms with Crippen LogP contribution in [0, 0.1) is 0 Å². The number of hydrogen-bond donors (Lipinski definition) is 1. The topological polar surface area (TPSA) is 63.1 Å². The van der Waals surface area contributed by atoms with Gasteiger partial charge in [0.15, 0.2) is 0 Å². The van der Waals surface area contributed by atoms with E-state index in [1.165, 1.54) is 0 Å². The normalized spacial score (nSPS) is 15.5. The van der Waals surface area contributed by atoms with E-state index in [1.54, 1.807) is 18.5 Å². The van der Waals surface area contributed by atoms with Crippen LogP contribution < -0.4 is 5.32 Å². The molecule has 0 aliphatic carbocycles. The van der Waals surface area contributed by atoms with E-state index in [0.29, 0.717) is 29.6 Å². The van der Waals surface area contributed by atoms with Gasteiger partial charge in [-0.3, -0.25) is 4.79 Å². The molecular weight excluding hydrogens is 326 g/mol. The summed E-state index contributed by atoms with van der Waals surface area (Å²) in [5.41, 5.74) is 1.48. The number of aryl methyl sites for hydroxylation is 1. The molecule has 0 spiro atoms. The quantitative estimate of drug-likeness (QED) is 0.923. The van der Waals surface area contributed by atoms with E-state index in [9.17, 15) is 4.79 Å². The summed E-state index contributed by atoms with van der Waals surface area (Å²) in [6.45, 7) is 4.20. The Morgan fingerprint density at radius 2 is 2.12 bits per heavy atom. The highest BCUT2D eigenvalue weighted by molar-refractivity contribution is 6.31. The predicted molar refractivity (Wildman–Crippen MR) is 94.5 cm³/mol. The number of nitrogens with zero attached hydrogens (tertiary/aromatic N) is 4. The van der Waals surface area contributed by atoms with Gasteiger partial charge in [0.1, 0.15) is 12.2 Å². The molecule has 6 nitrogen and oxygen atoms in total. The number of rotatable bonds is 4. The highest BCUT2D eigenvalue weighted by atomic mass is 35.5. The van der Waals surface area contributed by atoms with Gasteiger partial charge in [-0.05, 0) is 38.0 Å². The average molecular weight is 348 g/mol. The number of halogens is 1. The van der Waals surface area contributed by atoms with Crippen molar-refractivity contribution in [1.82, 2.24) is 19.7 Å². The Morgan fingerprint density at radius 3 is 2.75 bits per heavy atom. The van der Waals surface area contributed by atoms with Crippen molar-refractivity contribution in [2.24, 2.45) is 7.05 Å². The molecule has 3 rings (SSSR count). The van der Waals surface area contributed by atoms with Gasteiger partial charge in [-0.2, -0.15) is 0 Å². The van der Waals surface area contributed by atoms with Crippen LogP contribution in [0.5, 0.6) is 0 Å². The minimum Gasteiger partial charge on any atom is -0.385 e. The molecule has 1 saturated heterocycles. The third-order valence-electron chi connectivity index (χ3n) is 4.47. The second kappa shape index (κ2) is 7.21. The molecule has 1 N–H and O–H groups in total. The van der Waals surface area contributed by atoms with E-state index in [-0.39, 0.29) is 5.91 Å². The van der Waals surface area contributed by atoms with Crippen molar-refractivity contribution in [1.29, 1.82) is 0 Å². The Balaban J connectivity index is 1.71. The minimum absolute atomic E-state index is 0.0323. The molecule has 7 heteroatoms. The van der Waals surface area contributed by atoms with Crippen molar-refractivity contribution in [3.8, 4) is 0 Å². The summed E-state index contributed by atoms with van der Waals surface area (Å²) in [4.78, 5) is 14.8. The molecule has 128 valence electrons. The van der Waals surface area contributed by atoms with Crippen molar-refractivity contribution < 1.29 is 4.79 Å². The van der Waals surface area contributed by atoms with Crippen LogP contribution in [-0.2, 0) is 7.05 Å². The standard InChI is InChI=1S/C17H22ClN5O/c1-3-19-15-5-4-13(18)10-14(15)17(24)23-8-6-12(7-9-23)16-21-20-11-22(16)2/h4-5,10-12,19H,3,6-9H2,1-2H3. The zero-order valence-corrected chi connectivity index (χ0v) is 14.8. The van der Waals surface area contributed by atoms with E-state index >= 15 is 0 Å². The number of amides is 1. The first-order chi connectivity index (χ1) is 11.6. The smallest absolute Gasteiger partial charge is 0.256 e. The third kappa shape index (κ3) is 3.38. The first-order valence-electron chi connectivity index (χ1n) is 8.26. The largest absolute Gasteiger partial charge is 0.385 e. The molecule has 2 aromatic rings. The second-order valence-electron chi connectivity index (χ2n) is 6.09. The van der Waals surface area contributed by atoms with Crippen molar-refractivity contribution in [2.75, 3.05) is 25.0 Å². The summed E-state index contributed by atoms with van der Waals surface area (Å²) >= 11 is 6.09. The maximum atomic E-state index is 12.9. The Bertz CT molecular complexity index is 722. The molecular formula is C17H22ClN5O. The molecule has 0 atom stereocenters. The Hall–Kier alpha value is -2.08. The second-order valence-corrected chi connectivity index (χ2v) is 6.52. The lowest BCUT2D eigenvalue weighted by Gasteiger charge is -2.32. The highest BCUT2D eigenvalue weighted by Gasteiger charge is 2.28. The molecule has 1 aliphatic rings. The number of carbonyl (C=O) groups excluding carboxylic acids is 1. The summed E-state index contributed by atoms with van der Waals surface area (Å²) in [6, 6.07) is 5.42. The van der Waals surface area contributed by atoms with Gasteiger partial charge in [-0.25, -0.2) is 0 Å². The molecule has 1 amide bonds. The maximum absolute atomic E-state index is 12.9. The number of aromatic nitrogens is 3. The highest BCUT2D eigenvalue weighted by Crippen LogP contribution is 2.29. The minimum atomic E-state index is 0.0323. The zero-order valence-electron chi connectivity index (χ0n) is 14.0. The summed E-state index contributed by atoms with van der Waals surface area (Å²) < 4.78 is 1.96. The lowest BCUT2D eigenvalue weighted by molar-refractivity contribution is 0.0711. The van der Waals surface area contributed by atoms with Gasteiger partial charge in [-0.1, -0.05) is 11.6 Å². The van der Waals surface area contributed by atoms with Gasteiger partial charge in [0.25, 0.3) is 5.91 Å². The lowest BCUT2D eigenvalue weighted by Crippen LogP contribution is -2.38. The number of benzene rings is 1. The number of anilines is 1. The molecule has 0 unspecified atom stereocenters. The van der Waals surface area contributed by atoms with Crippen molar-refractivity contribution >= 4 is 23.2 Å². The fourth-order valence-corrected chi connectivity index (χ4v) is 3.38. The van der Waals surface area contributed by atoms with Gasteiger partial charge in [0.2, 0.25) is 0 Å². The molecule has 0 saturated carbocycles. The van der Waals surface area contributed by atoms with Crippen molar-refractivity contribution in [3.63, 3.8) is 0 Å². The van der Waals surface area contributed by atoms with Crippen LogP contribution in [0.25, 0.3) is 0 Å². The maximum Gasteiger partial charge on any atom is 0.256 e. The fourth-order valence-electron chi connectivity index (χ4n) is 3.21. The molecule has 24 heavy (non-hydrogen) atoms. The van der Waals surface area contributed by atoms with E-state index in [2.05, 4.69) is 15.5 Å². The third-order valence-corrected chi connectivity index (χ3v) is 4.71.